The molecule has 1 spiro atoms. The number of anilines is 1. The molecule has 0 saturated carbocycles. The number of imide groups is 1. The number of halogens is 1. The van der Waals surface area contributed by atoms with Gasteiger partial charge >= 0.3 is 12.1 Å². The van der Waals surface area contributed by atoms with Crippen molar-refractivity contribution in [1.82, 2.24) is 24.9 Å². The number of fused-ring (bicyclic) bond motifs is 2. The van der Waals surface area contributed by atoms with Crippen LogP contribution in [-0.2, 0) is 46.5 Å². The number of benzene rings is 2. The van der Waals surface area contributed by atoms with Crippen LogP contribution in [0.25, 0.3) is 0 Å². The normalized spacial score (nSPS) is 17.8. The Balaban J connectivity index is 1.35. The molecule has 2 aliphatic rings. The third-order valence-corrected chi connectivity index (χ3v) is 6.91. The van der Waals surface area contributed by atoms with Crippen molar-refractivity contribution >= 4 is 29.6 Å². The Morgan fingerprint density at radius 2 is 1.87 bits per heavy atom. The van der Waals surface area contributed by atoms with Crippen LogP contribution in [0, 0.1) is 5.82 Å². The first-order valence-electron chi connectivity index (χ1n) is 12.4. The number of hydrogen-bond acceptors (Lipinski definition) is 6. The monoisotopic (exact) mass is 534 g/mol. The van der Waals surface area contributed by atoms with E-state index in [9.17, 15) is 23.6 Å². The maximum atomic E-state index is 13.6. The Morgan fingerprint density at radius 3 is 2.56 bits per heavy atom. The van der Waals surface area contributed by atoms with E-state index in [1.807, 2.05) is 0 Å². The van der Waals surface area contributed by atoms with Gasteiger partial charge in [-0.25, -0.2) is 18.9 Å². The standard InChI is InChI=1S/C27H27FN6O5/c1-29-25(37)31-21-7-8-22-19(11-21)9-10-27(22)24(36)34(26(38)39-27)16-23(35)33(15-18-12-30-32(2)13-18)14-17-3-5-20(28)6-4-17/h3-8,11-13H,9-10,14-16H2,1-2H3,(H2,29,31,37)/t27-/m1/s1. The number of rotatable bonds is 7. The molecular formula is C27H27FN6O5. The number of hydrogen-bond donors (Lipinski definition) is 2. The van der Waals surface area contributed by atoms with Gasteiger partial charge in [-0.3, -0.25) is 14.3 Å². The lowest BCUT2D eigenvalue weighted by atomic mass is 9.94. The minimum atomic E-state index is -1.51. The number of urea groups is 1. The zero-order chi connectivity index (χ0) is 27.7. The number of amides is 5. The summed E-state index contributed by atoms with van der Waals surface area (Å²) in [6, 6.07) is 10.4. The van der Waals surface area contributed by atoms with Crippen LogP contribution in [0.3, 0.4) is 0 Å². The zero-order valence-electron chi connectivity index (χ0n) is 21.4. The first-order valence-corrected chi connectivity index (χ1v) is 12.4. The van der Waals surface area contributed by atoms with Crippen LogP contribution in [0.15, 0.2) is 54.9 Å². The quantitative estimate of drug-likeness (QED) is 0.480. The number of nitrogens with one attached hydrogen (secondary N) is 2. The lowest BCUT2D eigenvalue weighted by Gasteiger charge is -2.24. The van der Waals surface area contributed by atoms with Crippen molar-refractivity contribution in [2.75, 3.05) is 18.9 Å². The van der Waals surface area contributed by atoms with Crippen LogP contribution in [0.2, 0.25) is 0 Å². The number of aromatic nitrogens is 2. The molecule has 0 radical (unpaired) electrons. The second-order valence-electron chi connectivity index (χ2n) is 9.56. The van der Waals surface area contributed by atoms with Crippen molar-refractivity contribution in [3.05, 3.63) is 82.9 Å². The van der Waals surface area contributed by atoms with Gasteiger partial charge in [0, 0.05) is 56.6 Å². The van der Waals surface area contributed by atoms with Gasteiger partial charge in [0.2, 0.25) is 11.5 Å². The molecule has 5 rings (SSSR count). The van der Waals surface area contributed by atoms with Crippen LogP contribution >= 0.6 is 0 Å². The van der Waals surface area contributed by atoms with Gasteiger partial charge in [-0.1, -0.05) is 18.2 Å². The number of ether oxygens (including phenoxy) is 1. The lowest BCUT2D eigenvalue weighted by Crippen LogP contribution is -2.44. The molecule has 1 fully saturated rings. The fourth-order valence-corrected chi connectivity index (χ4v) is 4.98. The molecule has 11 nitrogen and oxygen atoms in total. The van der Waals surface area contributed by atoms with Crippen LogP contribution in [0.4, 0.5) is 19.7 Å². The molecule has 5 amide bonds. The molecule has 0 unspecified atom stereocenters. The lowest BCUT2D eigenvalue weighted by molar-refractivity contribution is -0.142. The molecule has 2 N–H and O–H groups in total. The van der Waals surface area contributed by atoms with Crippen molar-refractivity contribution in [2.45, 2.75) is 31.5 Å². The highest BCUT2D eigenvalue weighted by atomic mass is 19.1. The molecule has 1 aromatic heterocycles. The summed E-state index contributed by atoms with van der Waals surface area (Å²) in [5, 5.41) is 9.29. The minimum absolute atomic E-state index is 0.139. The fraction of sp³-hybridized carbons (Fsp3) is 0.296. The molecule has 1 saturated heterocycles. The summed E-state index contributed by atoms with van der Waals surface area (Å²) >= 11 is 0. The summed E-state index contributed by atoms with van der Waals surface area (Å²) < 4.78 is 20.7. The highest BCUT2D eigenvalue weighted by molar-refractivity contribution is 6.06. The van der Waals surface area contributed by atoms with E-state index in [2.05, 4.69) is 15.7 Å². The summed E-state index contributed by atoms with van der Waals surface area (Å²) in [6.07, 6.45) is 3.18. The predicted octanol–water partition coefficient (Wildman–Crippen LogP) is 2.66. The van der Waals surface area contributed by atoms with Gasteiger partial charge in [-0.05, 0) is 41.8 Å². The number of aryl methyl sites for hydroxylation is 2. The summed E-state index contributed by atoms with van der Waals surface area (Å²) in [4.78, 5) is 54.0. The van der Waals surface area contributed by atoms with Crippen LogP contribution in [0.5, 0.6) is 0 Å². The first kappa shape index (κ1) is 25.9. The van der Waals surface area contributed by atoms with E-state index in [0.29, 0.717) is 23.2 Å². The minimum Gasteiger partial charge on any atom is -0.427 e. The first-order chi connectivity index (χ1) is 18.7. The molecule has 1 atom stereocenters. The van der Waals surface area contributed by atoms with Gasteiger partial charge in [0.1, 0.15) is 12.4 Å². The molecule has 2 aromatic carbocycles. The van der Waals surface area contributed by atoms with Gasteiger partial charge in [-0.15, -0.1) is 0 Å². The SMILES string of the molecule is CNC(=O)Nc1ccc2c(c1)CC[C@@]21OC(=O)N(CC(=O)N(Cc2ccc(F)cc2)Cc2cnn(C)c2)C1=O. The number of carbonyl (C=O) groups excluding carboxylic acids is 4. The largest absolute Gasteiger partial charge is 0.427 e. The Morgan fingerprint density at radius 1 is 1.13 bits per heavy atom. The molecule has 12 heteroatoms. The summed E-state index contributed by atoms with van der Waals surface area (Å²) in [5.41, 5.74) is 1.78. The molecule has 1 aliphatic heterocycles. The second-order valence-corrected chi connectivity index (χ2v) is 9.56. The predicted molar refractivity (Wildman–Crippen MR) is 137 cm³/mol. The van der Waals surface area contributed by atoms with Gasteiger partial charge in [0.05, 0.1) is 6.20 Å². The molecular weight excluding hydrogens is 507 g/mol. The van der Waals surface area contributed by atoms with E-state index in [-0.39, 0.29) is 25.5 Å². The molecule has 2 heterocycles. The summed E-state index contributed by atoms with van der Waals surface area (Å²) in [6.45, 7) is -0.192. The third kappa shape index (κ3) is 5.05. The van der Waals surface area contributed by atoms with E-state index in [0.717, 1.165) is 16.0 Å². The van der Waals surface area contributed by atoms with Crippen LogP contribution in [-0.4, -0.2) is 57.1 Å². The van der Waals surface area contributed by atoms with Crippen LogP contribution < -0.4 is 10.6 Å². The van der Waals surface area contributed by atoms with E-state index in [4.69, 9.17) is 4.74 Å². The van der Waals surface area contributed by atoms with E-state index in [1.54, 1.807) is 54.5 Å². The summed E-state index contributed by atoms with van der Waals surface area (Å²) in [5.74, 6) is -1.48. The van der Waals surface area contributed by atoms with E-state index < -0.39 is 35.9 Å². The second kappa shape index (κ2) is 10.2. The van der Waals surface area contributed by atoms with Crippen molar-refractivity contribution in [3.8, 4) is 0 Å². The third-order valence-electron chi connectivity index (χ3n) is 6.91. The fourth-order valence-electron chi connectivity index (χ4n) is 4.98. The molecule has 0 bridgehead atoms. The Labute approximate surface area is 223 Å². The van der Waals surface area contributed by atoms with Crippen molar-refractivity contribution < 1.29 is 28.3 Å². The van der Waals surface area contributed by atoms with Crippen molar-refractivity contribution in [3.63, 3.8) is 0 Å². The van der Waals surface area contributed by atoms with Gasteiger partial charge in [0.15, 0.2) is 0 Å². The van der Waals surface area contributed by atoms with Crippen LogP contribution in [0.1, 0.15) is 28.7 Å². The maximum Gasteiger partial charge on any atom is 0.418 e. The Bertz CT molecular complexity index is 1460. The topological polar surface area (TPSA) is 126 Å². The molecule has 39 heavy (non-hydrogen) atoms. The van der Waals surface area contributed by atoms with E-state index >= 15 is 0 Å². The Hall–Kier alpha value is -4.74. The van der Waals surface area contributed by atoms with Gasteiger partial charge in [-0.2, -0.15) is 5.10 Å². The van der Waals surface area contributed by atoms with Crippen molar-refractivity contribution in [2.24, 2.45) is 7.05 Å². The average molecular weight is 535 g/mol. The zero-order valence-corrected chi connectivity index (χ0v) is 21.4. The van der Waals surface area contributed by atoms with Gasteiger partial charge in [0.25, 0.3) is 5.91 Å². The molecule has 1 aliphatic carbocycles. The highest BCUT2D eigenvalue weighted by Crippen LogP contribution is 2.46. The average Bonchev–Trinajstić information content (AvgIpc) is 3.56. The smallest absolute Gasteiger partial charge is 0.418 e. The molecule has 3 aromatic rings. The van der Waals surface area contributed by atoms with Crippen molar-refractivity contribution in [1.29, 1.82) is 0 Å². The number of nitrogens with zero attached hydrogens (tertiary/aromatic N) is 4. The highest BCUT2D eigenvalue weighted by Gasteiger charge is 2.58. The Kier molecular flexibility index (Phi) is 6.77. The van der Waals surface area contributed by atoms with Gasteiger partial charge < -0.3 is 20.3 Å². The van der Waals surface area contributed by atoms with E-state index in [1.165, 1.54) is 24.1 Å². The molecule has 202 valence electrons. The maximum absolute atomic E-state index is 13.6. The summed E-state index contributed by atoms with van der Waals surface area (Å²) in [7, 11) is 3.26. The number of carbonyl (C=O) groups is 4.